The average molecular weight is 277 g/mol. The number of carboxylic acid groups (broad SMARTS) is 1. The second-order valence-corrected chi connectivity index (χ2v) is 5.24. The van der Waals surface area contributed by atoms with Gasteiger partial charge in [-0.15, -0.1) is 0 Å². The van der Waals surface area contributed by atoms with Gasteiger partial charge in [0.2, 0.25) is 0 Å². The van der Waals surface area contributed by atoms with E-state index in [9.17, 15) is 4.79 Å². The Morgan fingerprint density at radius 2 is 2.32 bits per heavy atom. The van der Waals surface area contributed by atoms with Crippen molar-refractivity contribution in [3.8, 4) is 11.4 Å². The van der Waals surface area contributed by atoms with Crippen LogP contribution in [0.3, 0.4) is 0 Å². The first kappa shape index (κ1) is 12.2. The monoisotopic (exact) mass is 276 g/mol. The van der Waals surface area contributed by atoms with E-state index in [4.69, 9.17) is 16.7 Å². The van der Waals surface area contributed by atoms with Gasteiger partial charge < -0.3 is 10.1 Å². The second kappa shape index (κ2) is 4.70. The largest absolute Gasteiger partial charge is 0.481 e. The van der Waals surface area contributed by atoms with Gasteiger partial charge in [0.25, 0.3) is 0 Å². The number of aliphatic carboxylic acids is 1. The Morgan fingerprint density at radius 3 is 3.05 bits per heavy atom. The number of fused-ring (bicyclic) bond motifs is 1. The van der Waals surface area contributed by atoms with Crippen molar-refractivity contribution in [1.29, 1.82) is 0 Å². The molecule has 0 aliphatic heterocycles. The molecule has 1 aliphatic rings. The van der Waals surface area contributed by atoms with Gasteiger partial charge in [-0.1, -0.05) is 23.7 Å². The zero-order valence-corrected chi connectivity index (χ0v) is 10.9. The molecule has 5 heteroatoms. The molecule has 98 valence electrons. The summed E-state index contributed by atoms with van der Waals surface area (Å²) in [5.74, 6) is -0.275. The van der Waals surface area contributed by atoms with E-state index in [-0.39, 0.29) is 5.92 Å². The third-order valence-corrected chi connectivity index (χ3v) is 3.73. The van der Waals surface area contributed by atoms with E-state index in [0.29, 0.717) is 24.3 Å². The molecule has 19 heavy (non-hydrogen) atoms. The maximum atomic E-state index is 11.0. The summed E-state index contributed by atoms with van der Waals surface area (Å²) in [4.78, 5) is 18.8. The van der Waals surface area contributed by atoms with E-state index < -0.39 is 5.97 Å². The van der Waals surface area contributed by atoms with Crippen molar-refractivity contribution in [2.45, 2.75) is 19.3 Å². The number of aromatic amines is 1. The number of aryl methyl sites for hydroxylation is 1. The third-order valence-electron chi connectivity index (χ3n) is 3.49. The van der Waals surface area contributed by atoms with Crippen LogP contribution in [0.25, 0.3) is 11.4 Å². The second-order valence-electron chi connectivity index (χ2n) is 4.80. The molecule has 0 radical (unpaired) electrons. The minimum atomic E-state index is -0.732. The van der Waals surface area contributed by atoms with Gasteiger partial charge in [0.1, 0.15) is 5.82 Å². The molecule has 1 unspecified atom stereocenters. The van der Waals surface area contributed by atoms with Gasteiger partial charge in [-0.3, -0.25) is 4.79 Å². The fraction of sp³-hybridized carbons (Fsp3) is 0.286. The summed E-state index contributed by atoms with van der Waals surface area (Å²) in [6.45, 7) is 0. The number of nitrogens with one attached hydrogen (secondary N) is 1. The summed E-state index contributed by atoms with van der Waals surface area (Å²) in [6, 6.07) is 7.47. The van der Waals surface area contributed by atoms with Crippen LogP contribution in [0.1, 0.15) is 17.8 Å². The molecule has 0 saturated heterocycles. The molecular weight excluding hydrogens is 264 g/mol. The minimum absolute atomic E-state index is 0.305. The standard InChI is InChI=1S/C14H13ClN2O2/c15-10-3-1-2-8(6-10)13-16-11-5-4-9(14(18)19)7-12(11)17-13/h1-3,6,9H,4-5,7H2,(H,16,17)(H,18,19). The molecule has 3 rings (SSSR count). The quantitative estimate of drug-likeness (QED) is 0.886. The summed E-state index contributed by atoms with van der Waals surface area (Å²) < 4.78 is 0. The van der Waals surface area contributed by atoms with Gasteiger partial charge in [0, 0.05) is 22.7 Å². The number of nitrogens with zero attached hydrogens (tertiary/aromatic N) is 1. The summed E-state index contributed by atoms with van der Waals surface area (Å²) in [6.07, 6.45) is 1.89. The van der Waals surface area contributed by atoms with Gasteiger partial charge in [-0.25, -0.2) is 4.98 Å². The number of imidazole rings is 1. The lowest BCUT2D eigenvalue weighted by Crippen LogP contribution is -2.22. The van der Waals surface area contributed by atoms with Crippen LogP contribution in [0.5, 0.6) is 0 Å². The van der Waals surface area contributed by atoms with Crippen molar-refractivity contribution in [3.05, 3.63) is 40.7 Å². The Labute approximate surface area is 115 Å². The highest BCUT2D eigenvalue weighted by molar-refractivity contribution is 6.30. The number of hydrogen-bond acceptors (Lipinski definition) is 2. The molecule has 1 aromatic heterocycles. The molecule has 0 spiro atoms. The van der Waals surface area contributed by atoms with Gasteiger partial charge in [-0.2, -0.15) is 0 Å². The predicted molar refractivity (Wildman–Crippen MR) is 72.2 cm³/mol. The summed E-state index contributed by atoms with van der Waals surface area (Å²) >= 11 is 5.97. The van der Waals surface area contributed by atoms with Crippen LogP contribution < -0.4 is 0 Å². The minimum Gasteiger partial charge on any atom is -0.481 e. The van der Waals surface area contributed by atoms with Crippen LogP contribution in [-0.4, -0.2) is 21.0 Å². The molecule has 1 heterocycles. The van der Waals surface area contributed by atoms with Gasteiger partial charge in [0.15, 0.2) is 0 Å². The number of aromatic nitrogens is 2. The topological polar surface area (TPSA) is 66.0 Å². The summed E-state index contributed by atoms with van der Waals surface area (Å²) in [5, 5.41) is 9.73. The normalized spacial score (nSPS) is 18.1. The van der Waals surface area contributed by atoms with Gasteiger partial charge in [0.05, 0.1) is 11.6 Å². The zero-order chi connectivity index (χ0) is 13.4. The number of benzene rings is 1. The van der Waals surface area contributed by atoms with Crippen molar-refractivity contribution in [2.75, 3.05) is 0 Å². The van der Waals surface area contributed by atoms with E-state index in [1.54, 1.807) is 0 Å². The Balaban J connectivity index is 1.93. The van der Waals surface area contributed by atoms with Gasteiger partial charge in [-0.05, 0) is 25.0 Å². The highest BCUT2D eigenvalue weighted by atomic mass is 35.5. The van der Waals surface area contributed by atoms with Crippen LogP contribution in [-0.2, 0) is 17.6 Å². The van der Waals surface area contributed by atoms with E-state index in [0.717, 1.165) is 22.8 Å². The lowest BCUT2D eigenvalue weighted by molar-refractivity contribution is -0.142. The number of halogens is 1. The first-order valence-corrected chi connectivity index (χ1v) is 6.58. The Bertz CT molecular complexity index is 636. The molecule has 0 amide bonds. The fourth-order valence-electron chi connectivity index (χ4n) is 2.46. The highest BCUT2D eigenvalue weighted by Crippen LogP contribution is 2.28. The number of carbonyl (C=O) groups is 1. The molecule has 0 saturated carbocycles. The molecular formula is C14H13ClN2O2. The van der Waals surface area contributed by atoms with E-state index in [1.165, 1.54) is 0 Å². The third kappa shape index (κ3) is 2.36. The van der Waals surface area contributed by atoms with Crippen LogP contribution >= 0.6 is 11.6 Å². The Kier molecular flexibility index (Phi) is 3.03. The number of H-pyrrole nitrogens is 1. The molecule has 1 atom stereocenters. The van der Waals surface area contributed by atoms with E-state index in [1.807, 2.05) is 24.3 Å². The molecule has 1 aromatic carbocycles. The molecule has 0 fully saturated rings. The molecule has 2 aromatic rings. The van der Waals surface area contributed by atoms with Gasteiger partial charge >= 0.3 is 5.97 Å². The number of carboxylic acids is 1. The maximum absolute atomic E-state index is 11.0. The predicted octanol–water partition coefficient (Wildman–Crippen LogP) is 2.92. The molecule has 2 N–H and O–H groups in total. The van der Waals surface area contributed by atoms with Crippen molar-refractivity contribution in [2.24, 2.45) is 5.92 Å². The Hall–Kier alpha value is -1.81. The Morgan fingerprint density at radius 1 is 1.47 bits per heavy atom. The first-order valence-electron chi connectivity index (χ1n) is 6.20. The number of hydrogen-bond donors (Lipinski definition) is 2. The first-order chi connectivity index (χ1) is 9.13. The van der Waals surface area contributed by atoms with Crippen LogP contribution in [0, 0.1) is 5.92 Å². The zero-order valence-electron chi connectivity index (χ0n) is 10.2. The maximum Gasteiger partial charge on any atom is 0.306 e. The van der Waals surface area contributed by atoms with Crippen molar-refractivity contribution < 1.29 is 9.90 Å². The molecule has 0 bridgehead atoms. The van der Waals surface area contributed by atoms with E-state index in [2.05, 4.69) is 9.97 Å². The summed E-state index contributed by atoms with van der Waals surface area (Å²) in [5.41, 5.74) is 2.84. The van der Waals surface area contributed by atoms with E-state index >= 15 is 0 Å². The van der Waals surface area contributed by atoms with Crippen LogP contribution in [0.15, 0.2) is 24.3 Å². The molecule has 4 nitrogen and oxygen atoms in total. The van der Waals surface area contributed by atoms with Crippen LogP contribution in [0.2, 0.25) is 5.02 Å². The highest BCUT2D eigenvalue weighted by Gasteiger charge is 2.26. The lowest BCUT2D eigenvalue weighted by atomic mass is 9.90. The van der Waals surface area contributed by atoms with Crippen molar-refractivity contribution in [1.82, 2.24) is 9.97 Å². The lowest BCUT2D eigenvalue weighted by Gasteiger charge is -2.16. The summed E-state index contributed by atoms with van der Waals surface area (Å²) in [7, 11) is 0. The van der Waals surface area contributed by atoms with Crippen molar-refractivity contribution >= 4 is 17.6 Å². The smallest absolute Gasteiger partial charge is 0.306 e. The average Bonchev–Trinajstić information content (AvgIpc) is 2.81. The fourth-order valence-corrected chi connectivity index (χ4v) is 2.65. The molecule has 1 aliphatic carbocycles. The number of rotatable bonds is 2. The van der Waals surface area contributed by atoms with Crippen molar-refractivity contribution in [3.63, 3.8) is 0 Å². The SMILES string of the molecule is O=C(O)C1CCc2nc(-c3cccc(Cl)c3)[nH]c2C1. The van der Waals surface area contributed by atoms with Crippen LogP contribution in [0.4, 0.5) is 0 Å².